The highest BCUT2D eigenvalue weighted by atomic mass is 16.4. The van der Waals surface area contributed by atoms with Crippen molar-refractivity contribution in [3.05, 3.63) is 35.9 Å². The molecule has 6 nitrogen and oxygen atoms in total. The van der Waals surface area contributed by atoms with E-state index in [0.717, 1.165) is 31.5 Å². The summed E-state index contributed by atoms with van der Waals surface area (Å²) in [5.74, 6) is -0.873. The molecule has 0 atom stereocenters. The van der Waals surface area contributed by atoms with Crippen molar-refractivity contribution in [1.82, 2.24) is 9.80 Å². The number of carbonyl (C=O) groups is 3. The van der Waals surface area contributed by atoms with Gasteiger partial charge in [-0.15, -0.1) is 0 Å². The molecule has 6 heteroatoms. The topological polar surface area (TPSA) is 77.9 Å². The second-order valence-electron chi connectivity index (χ2n) is 7.51. The van der Waals surface area contributed by atoms with Crippen molar-refractivity contribution in [2.75, 3.05) is 26.2 Å². The summed E-state index contributed by atoms with van der Waals surface area (Å²) in [6.07, 6.45) is 3.01. The van der Waals surface area contributed by atoms with Gasteiger partial charge in [-0.2, -0.15) is 0 Å². The van der Waals surface area contributed by atoms with Crippen LogP contribution in [0.2, 0.25) is 0 Å². The van der Waals surface area contributed by atoms with Gasteiger partial charge in [-0.1, -0.05) is 44.2 Å². The van der Waals surface area contributed by atoms with Crippen LogP contribution in [0.4, 0.5) is 0 Å². The van der Waals surface area contributed by atoms with Gasteiger partial charge in [0.2, 0.25) is 11.8 Å². The number of carbonyl (C=O) groups excluding carboxylic acids is 2. The summed E-state index contributed by atoms with van der Waals surface area (Å²) in [7, 11) is 0. The van der Waals surface area contributed by atoms with Crippen molar-refractivity contribution in [3.8, 4) is 0 Å². The number of benzene rings is 1. The Kier molecular flexibility index (Phi) is 8.03. The number of carboxylic acids is 1. The summed E-state index contributed by atoms with van der Waals surface area (Å²) < 4.78 is 0. The highest BCUT2D eigenvalue weighted by molar-refractivity contribution is 5.85. The molecule has 1 aliphatic heterocycles. The summed E-state index contributed by atoms with van der Waals surface area (Å²) in [5.41, 5.74) is -0.146. The molecule has 0 aromatic heterocycles. The first kappa shape index (κ1) is 21.9. The summed E-state index contributed by atoms with van der Waals surface area (Å²) >= 11 is 0. The monoisotopic (exact) mass is 388 g/mol. The molecular formula is C22H32N2O4. The van der Waals surface area contributed by atoms with Crippen LogP contribution in [-0.2, 0) is 19.8 Å². The van der Waals surface area contributed by atoms with Crippen LogP contribution in [-0.4, -0.2) is 58.9 Å². The summed E-state index contributed by atoms with van der Waals surface area (Å²) in [4.78, 5) is 40.5. The molecule has 154 valence electrons. The molecule has 1 aromatic carbocycles. The van der Waals surface area contributed by atoms with Crippen molar-refractivity contribution < 1.29 is 19.5 Å². The summed E-state index contributed by atoms with van der Waals surface area (Å²) in [6, 6.07) is 9.26. The standard InChI is InChI=1S/C22H32N2O4/c1-3-14-23(15-4-2)19(25)10-11-20(26)24-16-12-22(13-17-24,21(27)28)18-8-6-5-7-9-18/h5-9H,3-4,10-17H2,1-2H3,(H,27,28). The Balaban J connectivity index is 1.92. The van der Waals surface area contributed by atoms with Crippen LogP contribution in [0.1, 0.15) is 57.9 Å². The number of hydrogen-bond acceptors (Lipinski definition) is 3. The molecule has 0 aliphatic carbocycles. The Labute approximate surface area is 167 Å². The van der Waals surface area contributed by atoms with E-state index >= 15 is 0 Å². The van der Waals surface area contributed by atoms with Gasteiger partial charge in [0.1, 0.15) is 0 Å². The van der Waals surface area contributed by atoms with Crippen LogP contribution in [0.5, 0.6) is 0 Å². The summed E-state index contributed by atoms with van der Waals surface area (Å²) in [6.45, 7) is 6.34. The third kappa shape index (κ3) is 5.12. The molecule has 1 saturated heterocycles. The highest BCUT2D eigenvalue weighted by Crippen LogP contribution is 2.36. The third-order valence-electron chi connectivity index (χ3n) is 5.60. The largest absolute Gasteiger partial charge is 0.481 e. The zero-order valence-electron chi connectivity index (χ0n) is 17.0. The highest BCUT2D eigenvalue weighted by Gasteiger charge is 2.43. The van der Waals surface area contributed by atoms with Crippen molar-refractivity contribution in [1.29, 1.82) is 0 Å². The van der Waals surface area contributed by atoms with Gasteiger partial charge in [0.15, 0.2) is 0 Å². The van der Waals surface area contributed by atoms with E-state index in [-0.39, 0.29) is 24.7 Å². The van der Waals surface area contributed by atoms with Crippen molar-refractivity contribution in [2.24, 2.45) is 0 Å². The first-order valence-corrected chi connectivity index (χ1v) is 10.3. The molecule has 2 rings (SSSR count). The number of piperidine rings is 1. The van der Waals surface area contributed by atoms with Gasteiger partial charge in [-0.3, -0.25) is 14.4 Å². The second-order valence-corrected chi connectivity index (χ2v) is 7.51. The van der Waals surface area contributed by atoms with Gasteiger partial charge < -0.3 is 14.9 Å². The number of hydrogen-bond donors (Lipinski definition) is 1. The molecule has 1 fully saturated rings. The lowest BCUT2D eigenvalue weighted by molar-refractivity contribution is -0.148. The smallest absolute Gasteiger partial charge is 0.314 e. The number of aliphatic carboxylic acids is 1. The molecule has 1 heterocycles. The van der Waals surface area contributed by atoms with E-state index in [4.69, 9.17) is 0 Å². The lowest BCUT2D eigenvalue weighted by Crippen LogP contribution is -2.49. The molecule has 0 bridgehead atoms. The van der Waals surface area contributed by atoms with Crippen molar-refractivity contribution in [2.45, 2.75) is 57.8 Å². The van der Waals surface area contributed by atoms with E-state index in [2.05, 4.69) is 0 Å². The van der Waals surface area contributed by atoms with Crippen LogP contribution in [0.3, 0.4) is 0 Å². The molecule has 2 amide bonds. The van der Waals surface area contributed by atoms with Crippen molar-refractivity contribution in [3.63, 3.8) is 0 Å². The molecule has 0 radical (unpaired) electrons. The number of carboxylic acid groups (broad SMARTS) is 1. The molecule has 1 N–H and O–H groups in total. The van der Waals surface area contributed by atoms with Gasteiger partial charge in [0.25, 0.3) is 0 Å². The molecule has 28 heavy (non-hydrogen) atoms. The molecule has 0 unspecified atom stereocenters. The van der Waals surface area contributed by atoms with E-state index in [1.807, 2.05) is 49.1 Å². The van der Waals surface area contributed by atoms with Crippen LogP contribution in [0.15, 0.2) is 30.3 Å². The third-order valence-corrected chi connectivity index (χ3v) is 5.60. The van der Waals surface area contributed by atoms with E-state index in [1.54, 1.807) is 4.90 Å². The van der Waals surface area contributed by atoms with Gasteiger partial charge >= 0.3 is 5.97 Å². The predicted octanol–water partition coefficient (Wildman–Crippen LogP) is 3.06. The van der Waals surface area contributed by atoms with E-state index < -0.39 is 11.4 Å². The molecule has 1 aromatic rings. The Bertz CT molecular complexity index is 660. The number of rotatable bonds is 9. The van der Waals surface area contributed by atoms with Gasteiger partial charge in [-0.25, -0.2) is 0 Å². The van der Waals surface area contributed by atoms with E-state index in [0.29, 0.717) is 25.9 Å². The fraction of sp³-hybridized carbons (Fsp3) is 0.591. The molecule has 0 saturated carbocycles. The predicted molar refractivity (Wildman–Crippen MR) is 108 cm³/mol. The van der Waals surface area contributed by atoms with E-state index in [9.17, 15) is 19.5 Å². The lowest BCUT2D eigenvalue weighted by Gasteiger charge is -2.39. The fourth-order valence-corrected chi connectivity index (χ4v) is 3.95. The number of likely N-dealkylation sites (tertiary alicyclic amines) is 1. The average molecular weight is 389 g/mol. The van der Waals surface area contributed by atoms with Gasteiger partial charge in [0, 0.05) is 39.0 Å². The van der Waals surface area contributed by atoms with Gasteiger partial charge in [0.05, 0.1) is 5.41 Å². The average Bonchev–Trinajstić information content (AvgIpc) is 2.72. The lowest BCUT2D eigenvalue weighted by atomic mass is 9.73. The zero-order valence-corrected chi connectivity index (χ0v) is 17.0. The van der Waals surface area contributed by atoms with Crippen LogP contribution in [0.25, 0.3) is 0 Å². The van der Waals surface area contributed by atoms with Crippen LogP contribution < -0.4 is 0 Å². The quantitative estimate of drug-likeness (QED) is 0.705. The Morgan fingerprint density at radius 3 is 2.07 bits per heavy atom. The number of nitrogens with zero attached hydrogens (tertiary/aromatic N) is 2. The SMILES string of the molecule is CCCN(CCC)C(=O)CCC(=O)N1CCC(C(=O)O)(c2ccccc2)CC1. The Morgan fingerprint density at radius 2 is 1.57 bits per heavy atom. The molecular weight excluding hydrogens is 356 g/mol. The fourth-order valence-electron chi connectivity index (χ4n) is 3.95. The maximum atomic E-state index is 12.6. The zero-order chi connectivity index (χ0) is 20.6. The van der Waals surface area contributed by atoms with E-state index in [1.165, 1.54) is 0 Å². The first-order valence-electron chi connectivity index (χ1n) is 10.3. The Morgan fingerprint density at radius 1 is 1.00 bits per heavy atom. The maximum Gasteiger partial charge on any atom is 0.314 e. The molecule has 1 aliphatic rings. The first-order chi connectivity index (χ1) is 13.4. The number of amides is 2. The van der Waals surface area contributed by atoms with Crippen LogP contribution >= 0.6 is 0 Å². The minimum Gasteiger partial charge on any atom is -0.481 e. The van der Waals surface area contributed by atoms with Gasteiger partial charge in [-0.05, 0) is 31.2 Å². The Hall–Kier alpha value is -2.37. The normalized spacial score (nSPS) is 15.9. The molecule has 0 spiro atoms. The minimum absolute atomic E-state index is 0.0261. The van der Waals surface area contributed by atoms with Crippen LogP contribution in [0, 0.1) is 0 Å². The maximum absolute atomic E-state index is 12.6. The second kappa shape index (κ2) is 10.2. The van der Waals surface area contributed by atoms with Crippen molar-refractivity contribution >= 4 is 17.8 Å². The summed E-state index contributed by atoms with van der Waals surface area (Å²) in [5, 5.41) is 9.85. The minimum atomic E-state index is -0.938.